The van der Waals surface area contributed by atoms with Crippen LogP contribution in [0.1, 0.15) is 39.0 Å². The van der Waals surface area contributed by atoms with Gasteiger partial charge in [0.25, 0.3) is 0 Å². The van der Waals surface area contributed by atoms with Crippen LogP contribution in [0.3, 0.4) is 0 Å². The van der Waals surface area contributed by atoms with Gasteiger partial charge in [0.05, 0.1) is 6.61 Å². The van der Waals surface area contributed by atoms with Crippen LogP contribution < -0.4 is 10.6 Å². The van der Waals surface area contributed by atoms with Gasteiger partial charge in [0.15, 0.2) is 0 Å². The number of aliphatic hydroxyl groups is 1. The average molecular weight is 212 g/mol. The maximum absolute atomic E-state index is 9.27. The van der Waals surface area contributed by atoms with Crippen molar-refractivity contribution in [2.45, 2.75) is 50.6 Å². The summed E-state index contributed by atoms with van der Waals surface area (Å²) in [5.74, 6) is 0.748. The zero-order valence-electron chi connectivity index (χ0n) is 9.76. The molecule has 0 aliphatic carbocycles. The summed E-state index contributed by atoms with van der Waals surface area (Å²) in [6, 6.07) is 0.728. The Morgan fingerprint density at radius 2 is 2.27 bits per heavy atom. The van der Waals surface area contributed by atoms with Gasteiger partial charge in [-0.25, -0.2) is 0 Å². The van der Waals surface area contributed by atoms with E-state index in [-0.39, 0.29) is 12.1 Å². The minimum absolute atomic E-state index is 0.0146. The number of rotatable bonds is 3. The molecule has 2 aliphatic heterocycles. The second-order valence-corrected chi connectivity index (χ2v) is 5.55. The molecule has 3 atom stereocenters. The summed E-state index contributed by atoms with van der Waals surface area (Å²) < 4.78 is 0. The van der Waals surface area contributed by atoms with Gasteiger partial charge in [-0.15, -0.1) is 0 Å². The second-order valence-electron chi connectivity index (χ2n) is 5.55. The van der Waals surface area contributed by atoms with Gasteiger partial charge in [0.2, 0.25) is 0 Å². The molecule has 88 valence electrons. The fraction of sp³-hybridized carbons (Fsp3) is 1.00. The molecule has 2 fully saturated rings. The molecule has 0 aromatic carbocycles. The normalized spacial score (nSPS) is 42.0. The fourth-order valence-corrected chi connectivity index (χ4v) is 2.99. The number of piperidine rings is 1. The molecule has 3 nitrogen and oxygen atoms in total. The Morgan fingerprint density at radius 1 is 1.40 bits per heavy atom. The van der Waals surface area contributed by atoms with Gasteiger partial charge < -0.3 is 15.7 Å². The van der Waals surface area contributed by atoms with Crippen molar-refractivity contribution in [2.75, 3.05) is 19.7 Å². The molecule has 0 radical (unpaired) electrons. The van der Waals surface area contributed by atoms with E-state index >= 15 is 0 Å². The summed E-state index contributed by atoms with van der Waals surface area (Å²) in [7, 11) is 0. The number of hydrogen-bond acceptors (Lipinski definition) is 3. The van der Waals surface area contributed by atoms with Gasteiger partial charge in [0, 0.05) is 11.6 Å². The summed E-state index contributed by atoms with van der Waals surface area (Å²) >= 11 is 0. The first-order chi connectivity index (χ1) is 7.22. The Hall–Kier alpha value is -0.120. The van der Waals surface area contributed by atoms with Crippen LogP contribution in [0.15, 0.2) is 0 Å². The van der Waals surface area contributed by atoms with E-state index in [1.807, 2.05) is 0 Å². The van der Waals surface area contributed by atoms with Crippen molar-refractivity contribution in [2.24, 2.45) is 5.92 Å². The van der Waals surface area contributed by atoms with Crippen molar-refractivity contribution >= 4 is 0 Å². The molecular weight excluding hydrogens is 188 g/mol. The number of hydrogen-bond donors (Lipinski definition) is 3. The third-order valence-corrected chi connectivity index (χ3v) is 3.94. The second kappa shape index (κ2) is 4.81. The van der Waals surface area contributed by atoms with Crippen molar-refractivity contribution in [3.63, 3.8) is 0 Å². The quantitative estimate of drug-likeness (QED) is 0.651. The molecule has 0 spiro atoms. The van der Waals surface area contributed by atoms with Crippen LogP contribution in [-0.2, 0) is 0 Å². The topological polar surface area (TPSA) is 44.3 Å². The van der Waals surface area contributed by atoms with Crippen LogP contribution in [0.4, 0.5) is 0 Å². The standard InChI is InChI=1S/C12H24N2O/c1-12(9-15)7-10(8-14-12)6-11-4-2-3-5-13-11/h10-11,13-15H,2-9H2,1H3. The molecule has 0 bridgehead atoms. The van der Waals surface area contributed by atoms with Crippen molar-refractivity contribution in [1.29, 1.82) is 0 Å². The van der Waals surface area contributed by atoms with Crippen LogP contribution in [0.5, 0.6) is 0 Å². The third-order valence-electron chi connectivity index (χ3n) is 3.94. The summed E-state index contributed by atoms with van der Waals surface area (Å²) in [5.41, 5.74) is -0.0146. The number of aliphatic hydroxyl groups excluding tert-OH is 1. The lowest BCUT2D eigenvalue weighted by molar-refractivity contribution is 0.187. The highest BCUT2D eigenvalue weighted by Crippen LogP contribution is 2.28. The zero-order chi connectivity index (χ0) is 10.7. The molecule has 0 aromatic heterocycles. The molecule has 0 saturated carbocycles. The largest absolute Gasteiger partial charge is 0.394 e. The van der Waals surface area contributed by atoms with Crippen LogP contribution >= 0.6 is 0 Å². The van der Waals surface area contributed by atoms with Crippen LogP contribution in [0, 0.1) is 5.92 Å². The van der Waals surface area contributed by atoms with Gasteiger partial charge in [-0.05, 0) is 51.6 Å². The SMILES string of the molecule is CC1(CO)CC(CC2CCCCN2)CN1. The monoisotopic (exact) mass is 212 g/mol. The lowest BCUT2D eigenvalue weighted by Crippen LogP contribution is -2.39. The number of nitrogens with one attached hydrogen (secondary N) is 2. The van der Waals surface area contributed by atoms with Crippen LogP contribution in [0.2, 0.25) is 0 Å². The van der Waals surface area contributed by atoms with Gasteiger partial charge in [-0.3, -0.25) is 0 Å². The molecule has 15 heavy (non-hydrogen) atoms. The van der Waals surface area contributed by atoms with E-state index < -0.39 is 0 Å². The van der Waals surface area contributed by atoms with Gasteiger partial charge >= 0.3 is 0 Å². The van der Waals surface area contributed by atoms with E-state index in [9.17, 15) is 5.11 Å². The predicted molar refractivity (Wildman–Crippen MR) is 61.9 cm³/mol. The molecule has 2 saturated heterocycles. The Balaban J connectivity index is 1.76. The molecule has 3 unspecified atom stereocenters. The Morgan fingerprint density at radius 3 is 2.87 bits per heavy atom. The maximum Gasteiger partial charge on any atom is 0.0610 e. The molecule has 0 amide bonds. The fourth-order valence-electron chi connectivity index (χ4n) is 2.99. The molecule has 2 heterocycles. The predicted octanol–water partition coefficient (Wildman–Crippen LogP) is 0.879. The molecule has 3 N–H and O–H groups in total. The Bertz CT molecular complexity index is 204. The average Bonchev–Trinajstić information content (AvgIpc) is 2.63. The summed E-state index contributed by atoms with van der Waals surface area (Å²) in [5, 5.41) is 16.3. The van der Waals surface area contributed by atoms with Crippen molar-refractivity contribution in [1.82, 2.24) is 10.6 Å². The Labute approximate surface area is 92.6 Å². The van der Waals surface area contributed by atoms with Crippen LogP contribution in [0.25, 0.3) is 0 Å². The van der Waals surface area contributed by atoms with Crippen molar-refractivity contribution in [3.05, 3.63) is 0 Å². The van der Waals surface area contributed by atoms with Crippen molar-refractivity contribution < 1.29 is 5.11 Å². The van der Waals surface area contributed by atoms with E-state index in [1.165, 1.54) is 32.2 Å². The van der Waals surface area contributed by atoms with Gasteiger partial charge in [-0.1, -0.05) is 6.42 Å². The lowest BCUT2D eigenvalue weighted by atomic mass is 9.89. The first kappa shape index (κ1) is 11.4. The van der Waals surface area contributed by atoms with Gasteiger partial charge in [-0.2, -0.15) is 0 Å². The minimum atomic E-state index is -0.0146. The Kier molecular flexibility index (Phi) is 3.65. The first-order valence-corrected chi connectivity index (χ1v) is 6.31. The van der Waals surface area contributed by atoms with E-state index in [2.05, 4.69) is 17.6 Å². The van der Waals surface area contributed by atoms with Crippen molar-refractivity contribution in [3.8, 4) is 0 Å². The van der Waals surface area contributed by atoms with Crippen LogP contribution in [-0.4, -0.2) is 36.4 Å². The smallest absolute Gasteiger partial charge is 0.0610 e. The summed E-state index contributed by atoms with van der Waals surface area (Å²) in [6.07, 6.45) is 6.47. The molecule has 3 heteroatoms. The molecule has 2 rings (SSSR count). The maximum atomic E-state index is 9.27. The third kappa shape index (κ3) is 2.92. The highest BCUT2D eigenvalue weighted by molar-refractivity contribution is 4.94. The highest BCUT2D eigenvalue weighted by Gasteiger charge is 2.34. The van der Waals surface area contributed by atoms with E-state index in [1.54, 1.807) is 0 Å². The van der Waals surface area contributed by atoms with E-state index in [4.69, 9.17) is 0 Å². The highest BCUT2D eigenvalue weighted by atomic mass is 16.3. The lowest BCUT2D eigenvalue weighted by Gasteiger charge is -2.26. The zero-order valence-corrected chi connectivity index (χ0v) is 9.76. The first-order valence-electron chi connectivity index (χ1n) is 6.31. The molecule has 0 aromatic rings. The van der Waals surface area contributed by atoms with E-state index in [0.29, 0.717) is 0 Å². The molecule has 2 aliphatic rings. The van der Waals surface area contributed by atoms with Gasteiger partial charge in [0.1, 0.15) is 0 Å². The van der Waals surface area contributed by atoms with E-state index in [0.717, 1.165) is 24.9 Å². The summed E-state index contributed by atoms with van der Waals surface area (Å²) in [6.45, 7) is 4.67. The minimum Gasteiger partial charge on any atom is -0.394 e. The molecular formula is C12H24N2O. The summed E-state index contributed by atoms with van der Waals surface area (Å²) in [4.78, 5) is 0.